The maximum absolute atomic E-state index is 11.3. The first-order valence-electron chi connectivity index (χ1n) is 5.56. The smallest absolute Gasteiger partial charge is 0.336 e. The van der Waals surface area contributed by atoms with Gasteiger partial charge in [0.2, 0.25) is 5.75 Å². The van der Waals surface area contributed by atoms with E-state index in [0.717, 1.165) is 5.39 Å². The van der Waals surface area contributed by atoms with Gasteiger partial charge in [-0.25, -0.2) is 4.79 Å². The summed E-state index contributed by atoms with van der Waals surface area (Å²) in [5.41, 5.74) is -0.142. The Morgan fingerprint density at radius 1 is 1.00 bits per heavy atom. The molecule has 0 saturated heterocycles. The Bertz CT molecular complexity index is 604. The minimum absolute atomic E-state index is 0.0149. The van der Waals surface area contributed by atoms with Crippen molar-refractivity contribution in [1.29, 1.82) is 0 Å². The minimum atomic E-state index is -0.460. The number of methoxy groups -OCH3 is 2. The summed E-state index contributed by atoms with van der Waals surface area (Å²) >= 11 is 0. The predicted molar refractivity (Wildman–Crippen MR) is 67.5 cm³/mol. The zero-order chi connectivity index (χ0) is 13.7. The standard InChI is InChI=1S/C13H14O6/c1-15-7-17-10-5-3-9-4-6-11(14)19-12(9)13(10)18-8-16-2/h3-6H,7-8H2,1-2H3. The molecule has 1 heterocycles. The molecule has 102 valence electrons. The van der Waals surface area contributed by atoms with E-state index in [0.29, 0.717) is 17.1 Å². The molecule has 0 atom stereocenters. The summed E-state index contributed by atoms with van der Waals surface area (Å²) in [5, 5.41) is 0.732. The normalized spacial score (nSPS) is 10.6. The van der Waals surface area contributed by atoms with Gasteiger partial charge in [0.1, 0.15) is 0 Å². The van der Waals surface area contributed by atoms with Crippen LogP contribution < -0.4 is 15.1 Å². The van der Waals surface area contributed by atoms with Crippen LogP contribution in [-0.2, 0) is 9.47 Å². The van der Waals surface area contributed by atoms with E-state index < -0.39 is 5.63 Å². The topological polar surface area (TPSA) is 67.1 Å². The van der Waals surface area contributed by atoms with Gasteiger partial charge in [-0.2, -0.15) is 0 Å². The number of rotatable bonds is 6. The highest BCUT2D eigenvalue weighted by Crippen LogP contribution is 2.35. The van der Waals surface area contributed by atoms with Crippen LogP contribution in [0.15, 0.2) is 33.5 Å². The Morgan fingerprint density at radius 3 is 2.42 bits per heavy atom. The van der Waals surface area contributed by atoms with Crippen LogP contribution >= 0.6 is 0 Å². The molecule has 1 aromatic heterocycles. The second kappa shape index (κ2) is 6.21. The molecule has 0 aliphatic rings. The second-order valence-electron chi connectivity index (χ2n) is 3.67. The first kappa shape index (κ1) is 13.4. The van der Waals surface area contributed by atoms with Gasteiger partial charge in [-0.05, 0) is 18.2 Å². The second-order valence-corrected chi connectivity index (χ2v) is 3.67. The molecular formula is C13H14O6. The predicted octanol–water partition coefficient (Wildman–Crippen LogP) is 1.76. The van der Waals surface area contributed by atoms with Crippen molar-refractivity contribution in [1.82, 2.24) is 0 Å². The molecule has 0 spiro atoms. The van der Waals surface area contributed by atoms with E-state index >= 15 is 0 Å². The molecule has 0 bridgehead atoms. The number of ether oxygens (including phenoxy) is 4. The zero-order valence-corrected chi connectivity index (χ0v) is 10.7. The summed E-state index contributed by atoms with van der Waals surface area (Å²) < 4.78 is 25.6. The molecule has 2 rings (SSSR count). The lowest BCUT2D eigenvalue weighted by Crippen LogP contribution is -2.06. The van der Waals surface area contributed by atoms with Crippen molar-refractivity contribution in [3.63, 3.8) is 0 Å². The number of hydrogen-bond acceptors (Lipinski definition) is 6. The summed E-state index contributed by atoms with van der Waals surface area (Å²) in [5.74, 6) is 0.731. The van der Waals surface area contributed by atoms with Crippen LogP contribution in [0.25, 0.3) is 11.0 Å². The molecule has 0 fully saturated rings. The summed E-state index contributed by atoms with van der Waals surface area (Å²) in [6, 6.07) is 6.48. The van der Waals surface area contributed by atoms with Crippen LogP contribution in [-0.4, -0.2) is 27.8 Å². The number of fused-ring (bicyclic) bond motifs is 1. The van der Waals surface area contributed by atoms with E-state index in [-0.39, 0.29) is 13.6 Å². The van der Waals surface area contributed by atoms with Crippen LogP contribution in [0, 0.1) is 0 Å². The highest BCUT2D eigenvalue weighted by molar-refractivity contribution is 5.85. The van der Waals surface area contributed by atoms with Gasteiger partial charge in [0.05, 0.1) is 0 Å². The van der Waals surface area contributed by atoms with E-state index in [1.54, 1.807) is 18.2 Å². The van der Waals surface area contributed by atoms with E-state index in [4.69, 9.17) is 23.4 Å². The van der Waals surface area contributed by atoms with E-state index in [1.807, 2.05) is 0 Å². The molecular weight excluding hydrogens is 252 g/mol. The summed E-state index contributed by atoms with van der Waals surface area (Å²) in [6.07, 6.45) is 0. The third kappa shape index (κ3) is 3.04. The average Bonchev–Trinajstić information content (AvgIpc) is 2.43. The minimum Gasteiger partial charge on any atom is -0.464 e. The molecule has 1 aromatic carbocycles. The Kier molecular flexibility index (Phi) is 4.38. The maximum Gasteiger partial charge on any atom is 0.336 e. The van der Waals surface area contributed by atoms with Gasteiger partial charge >= 0.3 is 5.63 Å². The van der Waals surface area contributed by atoms with Crippen molar-refractivity contribution >= 4 is 11.0 Å². The summed E-state index contributed by atoms with van der Waals surface area (Å²) in [4.78, 5) is 11.3. The highest BCUT2D eigenvalue weighted by Gasteiger charge is 2.13. The van der Waals surface area contributed by atoms with Gasteiger partial charge in [-0.3, -0.25) is 0 Å². The van der Waals surface area contributed by atoms with Gasteiger partial charge < -0.3 is 23.4 Å². The van der Waals surface area contributed by atoms with Crippen molar-refractivity contribution in [2.45, 2.75) is 0 Å². The fourth-order valence-corrected chi connectivity index (χ4v) is 1.58. The van der Waals surface area contributed by atoms with E-state index in [2.05, 4.69) is 0 Å². The quantitative estimate of drug-likeness (QED) is 0.586. The van der Waals surface area contributed by atoms with E-state index in [1.165, 1.54) is 20.3 Å². The van der Waals surface area contributed by atoms with Gasteiger partial charge in [-0.15, -0.1) is 0 Å². The molecule has 0 N–H and O–H groups in total. The van der Waals surface area contributed by atoms with Crippen molar-refractivity contribution in [2.75, 3.05) is 27.8 Å². The van der Waals surface area contributed by atoms with Crippen molar-refractivity contribution < 1.29 is 23.4 Å². The van der Waals surface area contributed by atoms with Crippen LogP contribution in [0.4, 0.5) is 0 Å². The molecule has 2 aromatic rings. The highest BCUT2D eigenvalue weighted by atomic mass is 16.7. The molecule has 0 aliphatic heterocycles. The third-order valence-electron chi connectivity index (χ3n) is 2.36. The summed E-state index contributed by atoms with van der Waals surface area (Å²) in [7, 11) is 3.01. The molecule has 0 unspecified atom stereocenters. The fraction of sp³-hybridized carbons (Fsp3) is 0.308. The van der Waals surface area contributed by atoms with Gasteiger partial charge in [0.15, 0.2) is 24.9 Å². The van der Waals surface area contributed by atoms with Gasteiger partial charge in [0.25, 0.3) is 0 Å². The molecule has 6 heteroatoms. The molecule has 0 saturated carbocycles. The lowest BCUT2D eigenvalue weighted by Gasteiger charge is -2.12. The van der Waals surface area contributed by atoms with Crippen molar-refractivity contribution in [3.8, 4) is 11.5 Å². The van der Waals surface area contributed by atoms with Crippen LogP contribution in [0.5, 0.6) is 11.5 Å². The lowest BCUT2D eigenvalue weighted by atomic mass is 10.2. The first-order chi connectivity index (χ1) is 9.26. The average molecular weight is 266 g/mol. The Balaban J connectivity index is 2.50. The fourth-order valence-electron chi connectivity index (χ4n) is 1.58. The third-order valence-corrected chi connectivity index (χ3v) is 2.36. The lowest BCUT2D eigenvalue weighted by molar-refractivity contribution is 0.0325. The first-order valence-corrected chi connectivity index (χ1v) is 5.56. The van der Waals surface area contributed by atoms with Crippen molar-refractivity contribution in [3.05, 3.63) is 34.7 Å². The van der Waals surface area contributed by atoms with Crippen molar-refractivity contribution in [2.24, 2.45) is 0 Å². The Morgan fingerprint density at radius 2 is 1.68 bits per heavy atom. The maximum atomic E-state index is 11.3. The molecule has 0 amide bonds. The molecule has 0 aliphatic carbocycles. The molecule has 0 radical (unpaired) electrons. The van der Waals surface area contributed by atoms with Crippen LogP contribution in [0.2, 0.25) is 0 Å². The van der Waals surface area contributed by atoms with Crippen LogP contribution in [0.1, 0.15) is 0 Å². The van der Waals surface area contributed by atoms with Crippen LogP contribution in [0.3, 0.4) is 0 Å². The monoisotopic (exact) mass is 266 g/mol. The Hall–Kier alpha value is -2.05. The number of hydrogen-bond donors (Lipinski definition) is 0. The van der Waals surface area contributed by atoms with Gasteiger partial charge in [-0.1, -0.05) is 0 Å². The largest absolute Gasteiger partial charge is 0.464 e. The molecule has 19 heavy (non-hydrogen) atoms. The van der Waals surface area contributed by atoms with Gasteiger partial charge in [0, 0.05) is 25.7 Å². The summed E-state index contributed by atoms with van der Waals surface area (Å²) in [6.45, 7) is 0.0764. The zero-order valence-electron chi connectivity index (χ0n) is 10.7. The molecule has 6 nitrogen and oxygen atoms in total. The Labute approximate surface area is 109 Å². The number of benzene rings is 1. The SMILES string of the molecule is COCOc1ccc2ccc(=O)oc2c1OCOC. The van der Waals surface area contributed by atoms with E-state index in [9.17, 15) is 4.79 Å².